The Morgan fingerprint density at radius 1 is 1.41 bits per heavy atom. The van der Waals surface area contributed by atoms with Crippen molar-refractivity contribution in [3.8, 4) is 0 Å². The topological polar surface area (TPSA) is 39.4 Å². The van der Waals surface area contributed by atoms with Crippen LogP contribution in [0.25, 0.3) is 11.0 Å². The van der Waals surface area contributed by atoms with Gasteiger partial charge >= 0.3 is 5.97 Å². The zero-order chi connectivity index (χ0) is 12.6. The summed E-state index contributed by atoms with van der Waals surface area (Å²) in [5, 5.41) is 1.62. The van der Waals surface area contributed by atoms with E-state index in [1.807, 2.05) is 0 Å². The van der Waals surface area contributed by atoms with E-state index in [0.29, 0.717) is 33.2 Å². The largest absolute Gasteiger partial charge is 0.460 e. The van der Waals surface area contributed by atoms with Crippen molar-refractivity contribution in [2.45, 2.75) is 13.8 Å². The van der Waals surface area contributed by atoms with Crippen LogP contribution in [0.4, 0.5) is 0 Å². The monoisotopic (exact) mass is 272 g/mol. The zero-order valence-electron chi connectivity index (χ0n) is 9.34. The Kier molecular flexibility index (Phi) is 3.31. The molecular formula is C12H10Cl2O3. The summed E-state index contributed by atoms with van der Waals surface area (Å²) in [7, 11) is 0. The summed E-state index contributed by atoms with van der Waals surface area (Å²) >= 11 is 11.9. The Bertz CT molecular complexity index is 587. The molecule has 0 aliphatic heterocycles. The highest BCUT2D eigenvalue weighted by atomic mass is 35.5. The third kappa shape index (κ3) is 2.13. The summed E-state index contributed by atoms with van der Waals surface area (Å²) in [6, 6.07) is 3.24. The van der Waals surface area contributed by atoms with Crippen LogP contribution in [0.2, 0.25) is 10.0 Å². The summed E-state index contributed by atoms with van der Waals surface area (Å²) < 4.78 is 10.3. The van der Waals surface area contributed by atoms with Crippen LogP contribution in [-0.4, -0.2) is 12.6 Å². The van der Waals surface area contributed by atoms with Crippen LogP contribution < -0.4 is 0 Å². The minimum Gasteiger partial charge on any atom is -0.460 e. The van der Waals surface area contributed by atoms with Gasteiger partial charge in [0.25, 0.3) is 0 Å². The summed E-state index contributed by atoms with van der Waals surface area (Å²) in [4.78, 5) is 11.6. The number of hydrogen-bond donors (Lipinski definition) is 0. The van der Waals surface area contributed by atoms with E-state index in [9.17, 15) is 4.79 Å². The highest BCUT2D eigenvalue weighted by Crippen LogP contribution is 2.34. The van der Waals surface area contributed by atoms with Crippen molar-refractivity contribution in [2.24, 2.45) is 0 Å². The molecule has 3 nitrogen and oxygen atoms in total. The lowest BCUT2D eigenvalue weighted by atomic mass is 10.1. The number of furan rings is 1. The number of hydrogen-bond acceptors (Lipinski definition) is 3. The molecule has 0 bridgehead atoms. The molecular weight excluding hydrogens is 263 g/mol. The lowest BCUT2D eigenvalue weighted by Crippen LogP contribution is -2.04. The number of carbonyl (C=O) groups is 1. The number of esters is 1. The Labute approximate surface area is 108 Å². The molecule has 5 heteroatoms. The summed E-state index contributed by atoms with van der Waals surface area (Å²) in [6.07, 6.45) is 0. The zero-order valence-corrected chi connectivity index (χ0v) is 10.9. The molecule has 0 unspecified atom stereocenters. The van der Waals surface area contributed by atoms with Crippen molar-refractivity contribution < 1.29 is 13.9 Å². The molecule has 0 fully saturated rings. The average molecular weight is 273 g/mol. The second kappa shape index (κ2) is 4.59. The highest BCUT2D eigenvalue weighted by molar-refractivity contribution is 6.38. The molecule has 0 aliphatic rings. The number of carbonyl (C=O) groups excluding carboxylic acids is 1. The molecule has 2 aromatic rings. The van der Waals surface area contributed by atoms with Crippen LogP contribution >= 0.6 is 23.2 Å². The molecule has 0 saturated heterocycles. The van der Waals surface area contributed by atoms with Gasteiger partial charge in [-0.05, 0) is 19.9 Å². The van der Waals surface area contributed by atoms with Crippen molar-refractivity contribution in [1.82, 2.24) is 0 Å². The molecule has 0 N–H and O–H groups in total. The van der Waals surface area contributed by atoms with E-state index in [1.165, 1.54) is 0 Å². The van der Waals surface area contributed by atoms with E-state index >= 15 is 0 Å². The fourth-order valence-electron chi connectivity index (χ4n) is 1.69. The van der Waals surface area contributed by atoms with E-state index in [0.717, 1.165) is 0 Å². The molecule has 0 radical (unpaired) electrons. The number of rotatable bonds is 2. The third-order valence-corrected chi connectivity index (χ3v) is 2.92. The predicted molar refractivity (Wildman–Crippen MR) is 66.9 cm³/mol. The molecule has 17 heavy (non-hydrogen) atoms. The van der Waals surface area contributed by atoms with Crippen LogP contribution in [0, 0.1) is 6.92 Å². The van der Waals surface area contributed by atoms with Crippen LogP contribution in [-0.2, 0) is 4.74 Å². The lowest BCUT2D eigenvalue weighted by molar-refractivity contribution is 0.0491. The third-order valence-electron chi connectivity index (χ3n) is 2.41. The molecule has 0 spiro atoms. The molecule has 1 heterocycles. The Hall–Kier alpha value is -1.19. The van der Waals surface area contributed by atoms with Gasteiger partial charge < -0.3 is 9.15 Å². The number of halogens is 2. The number of fused-ring (bicyclic) bond motifs is 1. The van der Waals surface area contributed by atoms with Gasteiger partial charge in [0.2, 0.25) is 5.76 Å². The molecule has 90 valence electrons. The minimum absolute atomic E-state index is 0.172. The summed E-state index contributed by atoms with van der Waals surface area (Å²) in [6.45, 7) is 3.79. The smallest absolute Gasteiger partial charge is 0.374 e. The Morgan fingerprint density at radius 3 is 2.76 bits per heavy atom. The molecule has 0 atom stereocenters. The summed E-state index contributed by atoms with van der Waals surface area (Å²) in [5.41, 5.74) is 1.16. The van der Waals surface area contributed by atoms with E-state index < -0.39 is 5.97 Å². The highest BCUT2D eigenvalue weighted by Gasteiger charge is 2.20. The second-order valence-electron chi connectivity index (χ2n) is 3.54. The van der Waals surface area contributed by atoms with E-state index in [4.69, 9.17) is 32.4 Å². The first-order valence-electron chi connectivity index (χ1n) is 5.09. The molecule has 0 saturated carbocycles. The standard InChI is InChI=1S/C12H10Cl2O3/c1-3-16-12(15)11-6(2)10-8(14)4-7(13)5-9(10)17-11/h4-5H,3H2,1-2H3. The number of aryl methyl sites for hydroxylation is 1. The molecule has 0 amide bonds. The van der Waals surface area contributed by atoms with E-state index in [-0.39, 0.29) is 5.76 Å². The van der Waals surface area contributed by atoms with Crippen molar-refractivity contribution in [2.75, 3.05) is 6.61 Å². The van der Waals surface area contributed by atoms with Gasteiger partial charge in [0.15, 0.2) is 0 Å². The maximum absolute atomic E-state index is 11.6. The first-order chi connectivity index (χ1) is 8.04. The van der Waals surface area contributed by atoms with Crippen LogP contribution in [0.3, 0.4) is 0 Å². The predicted octanol–water partition coefficient (Wildman–Crippen LogP) is 4.22. The Morgan fingerprint density at radius 2 is 2.12 bits per heavy atom. The van der Waals surface area contributed by atoms with Crippen molar-refractivity contribution in [1.29, 1.82) is 0 Å². The minimum atomic E-state index is -0.492. The quantitative estimate of drug-likeness (QED) is 0.769. The normalized spacial score (nSPS) is 10.8. The van der Waals surface area contributed by atoms with Crippen molar-refractivity contribution in [3.05, 3.63) is 33.5 Å². The molecule has 2 rings (SSSR count). The van der Waals surface area contributed by atoms with Gasteiger partial charge in [-0.3, -0.25) is 0 Å². The van der Waals surface area contributed by atoms with Gasteiger partial charge in [-0.25, -0.2) is 4.79 Å². The first-order valence-corrected chi connectivity index (χ1v) is 5.85. The first kappa shape index (κ1) is 12.3. The molecule has 1 aromatic carbocycles. The summed E-state index contributed by atoms with van der Waals surface area (Å²) in [5.74, 6) is -0.320. The van der Waals surface area contributed by atoms with Crippen molar-refractivity contribution in [3.63, 3.8) is 0 Å². The number of ether oxygens (including phenoxy) is 1. The molecule has 0 aliphatic carbocycles. The SMILES string of the molecule is CCOC(=O)c1oc2cc(Cl)cc(Cl)c2c1C. The maximum atomic E-state index is 11.6. The van der Waals surface area contributed by atoms with Crippen LogP contribution in [0.1, 0.15) is 23.0 Å². The van der Waals surface area contributed by atoms with Crippen LogP contribution in [0.5, 0.6) is 0 Å². The van der Waals surface area contributed by atoms with E-state index in [2.05, 4.69) is 0 Å². The molecule has 1 aromatic heterocycles. The van der Waals surface area contributed by atoms with Crippen molar-refractivity contribution >= 4 is 40.1 Å². The Balaban J connectivity index is 2.64. The van der Waals surface area contributed by atoms with Gasteiger partial charge in [-0.15, -0.1) is 0 Å². The fraction of sp³-hybridized carbons (Fsp3) is 0.250. The van der Waals surface area contributed by atoms with Gasteiger partial charge in [0, 0.05) is 22.0 Å². The fourth-order valence-corrected chi connectivity index (χ4v) is 2.30. The van der Waals surface area contributed by atoms with Crippen LogP contribution in [0.15, 0.2) is 16.5 Å². The lowest BCUT2D eigenvalue weighted by Gasteiger charge is -1.98. The maximum Gasteiger partial charge on any atom is 0.374 e. The number of benzene rings is 1. The van der Waals surface area contributed by atoms with Gasteiger partial charge in [0.05, 0.1) is 11.6 Å². The van der Waals surface area contributed by atoms with Gasteiger partial charge in [-0.2, -0.15) is 0 Å². The van der Waals surface area contributed by atoms with Gasteiger partial charge in [0.1, 0.15) is 5.58 Å². The second-order valence-corrected chi connectivity index (χ2v) is 4.38. The average Bonchev–Trinajstić information content (AvgIpc) is 2.56. The van der Waals surface area contributed by atoms with Gasteiger partial charge in [-0.1, -0.05) is 23.2 Å². The van der Waals surface area contributed by atoms with E-state index in [1.54, 1.807) is 26.0 Å².